The third-order valence-corrected chi connectivity index (χ3v) is 5.76. The molecule has 0 saturated heterocycles. The maximum atomic E-state index is 13.0. The van der Waals surface area contributed by atoms with Gasteiger partial charge in [0.2, 0.25) is 0 Å². The summed E-state index contributed by atoms with van der Waals surface area (Å²) in [4.78, 5) is 13.0. The summed E-state index contributed by atoms with van der Waals surface area (Å²) in [6.45, 7) is 7.76. The van der Waals surface area contributed by atoms with Gasteiger partial charge in [-0.15, -0.1) is 5.10 Å². The molecule has 1 unspecified atom stereocenters. The highest BCUT2D eigenvalue weighted by molar-refractivity contribution is 5.72. The van der Waals surface area contributed by atoms with Crippen LogP contribution < -0.4 is 5.69 Å². The molecule has 1 atom stereocenters. The average Bonchev–Trinajstić information content (AvgIpc) is 3.44. The second-order valence-electron chi connectivity index (χ2n) is 7.89. The Balaban J connectivity index is 1.65. The second kappa shape index (κ2) is 9.12. The van der Waals surface area contributed by atoms with Crippen LogP contribution in [0, 0.1) is 0 Å². The summed E-state index contributed by atoms with van der Waals surface area (Å²) in [6, 6.07) is 16.4. The van der Waals surface area contributed by atoms with Crippen molar-refractivity contribution in [3.8, 4) is 16.8 Å². The van der Waals surface area contributed by atoms with Crippen LogP contribution in [0.5, 0.6) is 0 Å². The van der Waals surface area contributed by atoms with Crippen molar-refractivity contribution in [1.29, 1.82) is 0 Å². The Bertz CT molecular complexity index is 1190. The lowest BCUT2D eigenvalue weighted by molar-refractivity contribution is 0.605. The topological polar surface area (TPSA) is 70.5 Å². The molecular formula is C24H28N6O. The molecule has 0 fully saturated rings. The van der Waals surface area contributed by atoms with E-state index >= 15 is 0 Å². The van der Waals surface area contributed by atoms with Gasteiger partial charge in [0.05, 0.1) is 12.2 Å². The minimum Gasteiger partial charge on any atom is -0.299 e. The van der Waals surface area contributed by atoms with Crippen molar-refractivity contribution >= 4 is 0 Å². The van der Waals surface area contributed by atoms with E-state index < -0.39 is 0 Å². The largest absolute Gasteiger partial charge is 0.328 e. The first-order valence-electron chi connectivity index (χ1n) is 10.8. The quantitative estimate of drug-likeness (QED) is 0.430. The Morgan fingerprint density at radius 2 is 1.81 bits per heavy atom. The van der Waals surface area contributed by atoms with E-state index in [2.05, 4.69) is 66.6 Å². The van der Waals surface area contributed by atoms with Gasteiger partial charge in [0, 0.05) is 24.0 Å². The van der Waals surface area contributed by atoms with Gasteiger partial charge in [-0.25, -0.2) is 4.79 Å². The summed E-state index contributed by atoms with van der Waals surface area (Å²) < 4.78 is 5.43. The standard InChI is InChI=1S/C24H28N6O/c1-4-14-28-16-23(18(3)5-2)29(24(28)31)15-19-10-12-20(13-11-19)21-8-6-7-9-22(21)30-17-25-26-27-30/h6-13,16-18H,4-5,14-15H2,1-3H3. The molecule has 0 amide bonds. The molecule has 160 valence electrons. The summed E-state index contributed by atoms with van der Waals surface area (Å²) in [5, 5.41) is 11.5. The normalized spacial score (nSPS) is 12.2. The van der Waals surface area contributed by atoms with Gasteiger partial charge in [-0.2, -0.15) is 4.68 Å². The van der Waals surface area contributed by atoms with Gasteiger partial charge in [-0.3, -0.25) is 9.13 Å². The summed E-state index contributed by atoms with van der Waals surface area (Å²) in [7, 11) is 0. The maximum absolute atomic E-state index is 13.0. The minimum absolute atomic E-state index is 0.0743. The molecule has 4 aromatic rings. The lowest BCUT2D eigenvalue weighted by atomic mass is 10.0. The molecule has 7 heteroatoms. The lowest BCUT2D eigenvalue weighted by Gasteiger charge is -2.13. The van der Waals surface area contributed by atoms with E-state index in [9.17, 15) is 4.79 Å². The number of aryl methyl sites for hydroxylation is 1. The van der Waals surface area contributed by atoms with Crippen LogP contribution in [0.4, 0.5) is 0 Å². The number of imidazole rings is 1. The molecule has 31 heavy (non-hydrogen) atoms. The van der Waals surface area contributed by atoms with E-state index in [1.165, 1.54) is 0 Å². The first kappa shape index (κ1) is 20.8. The Morgan fingerprint density at radius 3 is 2.48 bits per heavy atom. The zero-order valence-corrected chi connectivity index (χ0v) is 18.3. The highest BCUT2D eigenvalue weighted by Crippen LogP contribution is 2.27. The molecule has 0 aliphatic rings. The van der Waals surface area contributed by atoms with Gasteiger partial charge in [0.1, 0.15) is 6.33 Å². The van der Waals surface area contributed by atoms with Crippen LogP contribution in [-0.2, 0) is 13.1 Å². The fraction of sp³-hybridized carbons (Fsp3) is 0.333. The third-order valence-electron chi connectivity index (χ3n) is 5.76. The van der Waals surface area contributed by atoms with Crippen LogP contribution in [0.25, 0.3) is 16.8 Å². The van der Waals surface area contributed by atoms with Gasteiger partial charge in [0.15, 0.2) is 0 Å². The van der Waals surface area contributed by atoms with Crippen LogP contribution in [0.15, 0.2) is 65.8 Å². The smallest absolute Gasteiger partial charge is 0.299 e. The number of rotatable bonds is 8. The van der Waals surface area contributed by atoms with Crippen molar-refractivity contribution < 1.29 is 0 Å². The van der Waals surface area contributed by atoms with Crippen LogP contribution in [0.3, 0.4) is 0 Å². The third kappa shape index (κ3) is 4.21. The number of hydrogen-bond acceptors (Lipinski definition) is 4. The minimum atomic E-state index is 0.0743. The Morgan fingerprint density at radius 1 is 1.03 bits per heavy atom. The van der Waals surface area contributed by atoms with Gasteiger partial charge < -0.3 is 0 Å². The number of para-hydroxylation sites is 1. The van der Waals surface area contributed by atoms with E-state index in [1.54, 1.807) is 11.0 Å². The van der Waals surface area contributed by atoms with E-state index in [0.717, 1.165) is 47.5 Å². The molecule has 0 radical (unpaired) electrons. The predicted molar refractivity (Wildman–Crippen MR) is 121 cm³/mol. The first-order chi connectivity index (χ1) is 15.1. The van der Waals surface area contributed by atoms with Crippen molar-refractivity contribution in [2.24, 2.45) is 0 Å². The first-order valence-corrected chi connectivity index (χ1v) is 10.8. The lowest BCUT2D eigenvalue weighted by Crippen LogP contribution is -2.25. The van der Waals surface area contributed by atoms with E-state index in [0.29, 0.717) is 12.5 Å². The number of nitrogens with zero attached hydrogens (tertiary/aromatic N) is 6. The summed E-state index contributed by atoms with van der Waals surface area (Å²) in [6.07, 6.45) is 5.58. The van der Waals surface area contributed by atoms with Gasteiger partial charge in [-0.05, 0) is 46.4 Å². The molecule has 0 spiro atoms. The fourth-order valence-electron chi connectivity index (χ4n) is 3.87. The fourth-order valence-corrected chi connectivity index (χ4v) is 3.87. The van der Waals surface area contributed by atoms with Crippen LogP contribution in [0.2, 0.25) is 0 Å². The summed E-state index contributed by atoms with van der Waals surface area (Å²) in [5.41, 5.74) is 5.33. The maximum Gasteiger partial charge on any atom is 0.328 e. The highest BCUT2D eigenvalue weighted by atomic mass is 16.1. The van der Waals surface area contributed by atoms with Crippen LogP contribution in [0.1, 0.15) is 50.8 Å². The predicted octanol–water partition coefficient (Wildman–Crippen LogP) is 4.26. The van der Waals surface area contributed by atoms with E-state index in [1.807, 2.05) is 33.5 Å². The molecule has 7 nitrogen and oxygen atoms in total. The van der Waals surface area contributed by atoms with Crippen LogP contribution in [-0.4, -0.2) is 29.3 Å². The molecule has 0 N–H and O–H groups in total. The Labute approximate surface area is 182 Å². The summed E-state index contributed by atoms with van der Waals surface area (Å²) in [5.74, 6) is 0.341. The number of hydrogen-bond donors (Lipinski definition) is 0. The van der Waals surface area contributed by atoms with Crippen molar-refractivity contribution in [3.05, 3.63) is 82.8 Å². The van der Waals surface area contributed by atoms with Crippen LogP contribution >= 0.6 is 0 Å². The summed E-state index contributed by atoms with van der Waals surface area (Å²) >= 11 is 0. The molecule has 0 aliphatic heterocycles. The Kier molecular flexibility index (Phi) is 6.11. The number of aromatic nitrogens is 6. The SMILES string of the molecule is CCCn1cc(C(C)CC)n(Cc2ccc(-c3ccccc3-n3cnnn3)cc2)c1=O. The van der Waals surface area contributed by atoms with Crippen molar-refractivity contribution in [3.63, 3.8) is 0 Å². The highest BCUT2D eigenvalue weighted by Gasteiger charge is 2.16. The zero-order chi connectivity index (χ0) is 21.8. The van der Waals surface area contributed by atoms with Gasteiger partial charge >= 0.3 is 5.69 Å². The monoisotopic (exact) mass is 416 g/mol. The van der Waals surface area contributed by atoms with E-state index in [-0.39, 0.29) is 5.69 Å². The number of benzene rings is 2. The molecule has 0 saturated carbocycles. The van der Waals surface area contributed by atoms with Crippen molar-refractivity contribution in [1.82, 2.24) is 29.3 Å². The molecule has 0 bridgehead atoms. The van der Waals surface area contributed by atoms with Crippen molar-refractivity contribution in [2.75, 3.05) is 0 Å². The Hall–Kier alpha value is -3.48. The van der Waals surface area contributed by atoms with Crippen molar-refractivity contribution in [2.45, 2.75) is 52.6 Å². The molecule has 0 aliphatic carbocycles. The molecule has 2 aromatic carbocycles. The molecule has 4 rings (SSSR count). The average molecular weight is 417 g/mol. The molecule has 2 heterocycles. The molecular weight excluding hydrogens is 388 g/mol. The van der Waals surface area contributed by atoms with E-state index in [4.69, 9.17) is 0 Å². The number of tetrazole rings is 1. The second-order valence-corrected chi connectivity index (χ2v) is 7.89. The molecule has 2 aromatic heterocycles. The van der Waals surface area contributed by atoms with Gasteiger partial charge in [0.25, 0.3) is 0 Å². The zero-order valence-electron chi connectivity index (χ0n) is 18.3. The van der Waals surface area contributed by atoms with Gasteiger partial charge in [-0.1, -0.05) is 63.2 Å².